The number of halogens is 4. The van der Waals surface area contributed by atoms with E-state index in [1.807, 2.05) is 6.92 Å². The number of alkyl halides is 3. The first-order valence-corrected chi connectivity index (χ1v) is 6.58. The average Bonchev–Trinajstić information content (AvgIpc) is 2.86. The van der Waals surface area contributed by atoms with Gasteiger partial charge in [-0.1, -0.05) is 28.0 Å². The predicted octanol–water partition coefficient (Wildman–Crippen LogP) is 3.93. The van der Waals surface area contributed by atoms with Gasteiger partial charge in [-0.05, 0) is 24.6 Å². The number of rotatable bonds is 3. The molecule has 2 aromatic rings. The molecule has 20 heavy (non-hydrogen) atoms. The molecule has 0 saturated carbocycles. The van der Waals surface area contributed by atoms with Crippen molar-refractivity contribution in [1.29, 1.82) is 0 Å². The average molecular weight is 350 g/mol. The Labute approximate surface area is 121 Å². The number of hydrogen-bond donors (Lipinski definition) is 1. The minimum atomic E-state index is -4.51. The quantitative estimate of drug-likeness (QED) is 0.911. The molecule has 0 amide bonds. The van der Waals surface area contributed by atoms with Gasteiger partial charge in [0.1, 0.15) is 0 Å². The molecular formula is C12H11BrF3N3O. The first kappa shape index (κ1) is 15.0. The Morgan fingerprint density at radius 1 is 1.40 bits per heavy atom. The normalized spacial score (nSPS) is 13.5. The Morgan fingerprint density at radius 3 is 2.70 bits per heavy atom. The van der Waals surface area contributed by atoms with Crippen LogP contribution in [0.1, 0.15) is 30.8 Å². The molecule has 0 radical (unpaired) electrons. The van der Waals surface area contributed by atoms with Gasteiger partial charge in [0.2, 0.25) is 11.7 Å². The fraction of sp³-hybridized carbons (Fsp3) is 0.333. The maximum Gasteiger partial charge on any atom is 0.417 e. The van der Waals surface area contributed by atoms with Crippen molar-refractivity contribution in [2.24, 2.45) is 5.73 Å². The van der Waals surface area contributed by atoms with Crippen molar-refractivity contribution >= 4 is 15.9 Å². The molecule has 0 fully saturated rings. The maximum atomic E-state index is 13.0. The fourth-order valence-corrected chi connectivity index (χ4v) is 1.98. The lowest BCUT2D eigenvalue weighted by Crippen LogP contribution is -2.09. The van der Waals surface area contributed by atoms with Crippen LogP contribution in [0.5, 0.6) is 0 Å². The topological polar surface area (TPSA) is 64.9 Å². The van der Waals surface area contributed by atoms with Gasteiger partial charge >= 0.3 is 6.18 Å². The maximum absolute atomic E-state index is 13.0. The third kappa shape index (κ3) is 3.01. The van der Waals surface area contributed by atoms with E-state index < -0.39 is 17.8 Å². The number of nitrogens with zero attached hydrogens (tertiary/aromatic N) is 2. The van der Waals surface area contributed by atoms with Gasteiger partial charge in [0, 0.05) is 10.0 Å². The summed E-state index contributed by atoms with van der Waals surface area (Å²) in [6.07, 6.45) is -3.96. The van der Waals surface area contributed by atoms with Crippen LogP contribution in [0.15, 0.2) is 27.2 Å². The number of benzene rings is 1. The molecular weight excluding hydrogens is 339 g/mol. The van der Waals surface area contributed by atoms with Gasteiger partial charge in [0.15, 0.2) is 0 Å². The molecule has 1 aromatic heterocycles. The number of hydrogen-bond acceptors (Lipinski definition) is 4. The smallest absolute Gasteiger partial charge is 0.337 e. The zero-order valence-corrected chi connectivity index (χ0v) is 12.0. The first-order chi connectivity index (χ1) is 9.32. The van der Waals surface area contributed by atoms with Crippen molar-refractivity contribution in [3.8, 4) is 11.4 Å². The van der Waals surface area contributed by atoms with E-state index >= 15 is 0 Å². The molecule has 1 aromatic carbocycles. The Hall–Kier alpha value is -1.41. The molecule has 1 heterocycles. The molecule has 0 unspecified atom stereocenters. The fourth-order valence-electron chi connectivity index (χ4n) is 1.62. The summed E-state index contributed by atoms with van der Waals surface area (Å²) >= 11 is 3.02. The van der Waals surface area contributed by atoms with Crippen LogP contribution in [0.3, 0.4) is 0 Å². The van der Waals surface area contributed by atoms with Gasteiger partial charge < -0.3 is 10.3 Å². The highest BCUT2D eigenvalue weighted by Gasteiger charge is 2.35. The first-order valence-electron chi connectivity index (χ1n) is 5.79. The van der Waals surface area contributed by atoms with Gasteiger partial charge in [-0.3, -0.25) is 0 Å². The molecule has 2 rings (SSSR count). The summed E-state index contributed by atoms with van der Waals surface area (Å²) in [6.45, 7) is 1.81. The highest BCUT2D eigenvalue weighted by Crippen LogP contribution is 2.37. The lowest BCUT2D eigenvalue weighted by Gasteiger charge is -2.10. The van der Waals surface area contributed by atoms with Crippen molar-refractivity contribution < 1.29 is 17.7 Å². The van der Waals surface area contributed by atoms with Crippen LogP contribution < -0.4 is 5.73 Å². The lowest BCUT2D eigenvalue weighted by atomic mass is 10.1. The highest BCUT2D eigenvalue weighted by molar-refractivity contribution is 9.10. The van der Waals surface area contributed by atoms with Crippen LogP contribution in [0.2, 0.25) is 0 Å². The van der Waals surface area contributed by atoms with E-state index in [1.54, 1.807) is 0 Å². The largest absolute Gasteiger partial charge is 0.417 e. The van der Waals surface area contributed by atoms with E-state index in [9.17, 15) is 13.2 Å². The Kier molecular flexibility index (Phi) is 4.14. The molecule has 0 saturated heterocycles. The van der Waals surface area contributed by atoms with Crippen LogP contribution >= 0.6 is 15.9 Å². The Morgan fingerprint density at radius 2 is 2.10 bits per heavy atom. The summed E-state index contributed by atoms with van der Waals surface area (Å²) in [6, 6.07) is 3.27. The molecule has 1 atom stereocenters. The molecule has 108 valence electrons. The summed E-state index contributed by atoms with van der Waals surface area (Å²) < 4.78 is 44.3. The Balaban J connectivity index is 2.50. The molecule has 2 N–H and O–H groups in total. The summed E-state index contributed by atoms with van der Waals surface area (Å²) in [4.78, 5) is 3.94. The molecule has 0 spiro atoms. The molecule has 0 aliphatic carbocycles. The van der Waals surface area contributed by atoms with Crippen molar-refractivity contribution in [2.45, 2.75) is 25.6 Å². The molecule has 0 aliphatic heterocycles. The Bertz CT molecular complexity index is 612. The molecule has 0 aliphatic rings. The third-order valence-corrected chi connectivity index (χ3v) is 3.22. The van der Waals surface area contributed by atoms with Crippen LogP contribution in [0.25, 0.3) is 11.4 Å². The van der Waals surface area contributed by atoms with Crippen LogP contribution in [-0.4, -0.2) is 10.1 Å². The van der Waals surface area contributed by atoms with E-state index in [-0.39, 0.29) is 17.3 Å². The molecule has 0 bridgehead atoms. The second-order valence-corrected chi connectivity index (χ2v) is 5.07. The number of nitrogens with two attached hydrogens (primary N) is 1. The van der Waals surface area contributed by atoms with Gasteiger partial charge in [0.25, 0.3) is 0 Å². The summed E-state index contributed by atoms with van der Waals surface area (Å²) in [5, 5.41) is 3.58. The minimum absolute atomic E-state index is 0.122. The minimum Gasteiger partial charge on any atom is -0.337 e. The summed E-state index contributed by atoms with van der Waals surface area (Å²) in [5.41, 5.74) is 4.74. The summed E-state index contributed by atoms with van der Waals surface area (Å²) in [5.74, 6) is 0.00210. The lowest BCUT2D eigenvalue weighted by molar-refractivity contribution is -0.137. The van der Waals surface area contributed by atoms with E-state index in [0.717, 1.165) is 6.07 Å². The van der Waals surface area contributed by atoms with Crippen molar-refractivity contribution in [2.75, 3.05) is 0 Å². The van der Waals surface area contributed by atoms with Gasteiger partial charge in [-0.15, -0.1) is 0 Å². The highest BCUT2D eigenvalue weighted by atomic mass is 79.9. The van der Waals surface area contributed by atoms with E-state index in [0.29, 0.717) is 10.9 Å². The molecule has 4 nitrogen and oxygen atoms in total. The second kappa shape index (κ2) is 5.53. The van der Waals surface area contributed by atoms with E-state index in [1.165, 1.54) is 12.1 Å². The van der Waals surface area contributed by atoms with Gasteiger partial charge in [-0.2, -0.15) is 18.2 Å². The van der Waals surface area contributed by atoms with Crippen LogP contribution in [0.4, 0.5) is 13.2 Å². The van der Waals surface area contributed by atoms with Crippen LogP contribution in [0, 0.1) is 0 Å². The van der Waals surface area contributed by atoms with Crippen LogP contribution in [-0.2, 0) is 6.18 Å². The molecule has 8 heteroatoms. The van der Waals surface area contributed by atoms with Crippen molar-refractivity contribution in [3.05, 3.63) is 34.1 Å². The van der Waals surface area contributed by atoms with Crippen molar-refractivity contribution in [3.63, 3.8) is 0 Å². The monoisotopic (exact) mass is 349 g/mol. The second-order valence-electron chi connectivity index (χ2n) is 4.16. The third-order valence-electron chi connectivity index (χ3n) is 2.73. The van der Waals surface area contributed by atoms with Crippen molar-refractivity contribution in [1.82, 2.24) is 10.1 Å². The van der Waals surface area contributed by atoms with Gasteiger partial charge in [-0.25, -0.2) is 0 Å². The van der Waals surface area contributed by atoms with Gasteiger partial charge in [0.05, 0.1) is 11.6 Å². The zero-order chi connectivity index (χ0) is 14.9. The zero-order valence-electron chi connectivity index (χ0n) is 10.4. The predicted molar refractivity (Wildman–Crippen MR) is 69.7 cm³/mol. The van der Waals surface area contributed by atoms with E-state index in [2.05, 4.69) is 26.1 Å². The number of aromatic nitrogens is 2. The summed E-state index contributed by atoms with van der Waals surface area (Å²) in [7, 11) is 0. The standard InChI is InChI=1S/C12H11BrF3N3O/c1-2-9(17)11-18-10(19-20-11)7-4-3-6(13)5-8(7)12(14,15)16/h3-5,9H,2,17H2,1H3/t9-/m1/s1. The van der Waals surface area contributed by atoms with E-state index in [4.69, 9.17) is 10.3 Å². The SMILES string of the molecule is CC[C@@H](N)c1nc(-c2ccc(Br)cc2C(F)(F)F)no1.